The van der Waals surface area contributed by atoms with E-state index in [2.05, 4.69) is 0 Å². The summed E-state index contributed by atoms with van der Waals surface area (Å²) in [6.07, 6.45) is 0. The molecule has 0 N–H and O–H groups in total. The lowest BCUT2D eigenvalue weighted by Gasteiger charge is -2.07. The third kappa shape index (κ3) is 3.71. The number of esters is 2. The number of benzene rings is 2. The first kappa shape index (κ1) is 18.4. The molecule has 0 aliphatic carbocycles. The summed E-state index contributed by atoms with van der Waals surface area (Å²) in [6, 6.07) is 10.8. The van der Waals surface area contributed by atoms with Crippen LogP contribution in [0.25, 0.3) is 10.1 Å². The minimum atomic E-state index is -0.591. The minimum absolute atomic E-state index is 0.194. The van der Waals surface area contributed by atoms with Crippen molar-refractivity contribution in [3.8, 4) is 0 Å². The van der Waals surface area contributed by atoms with Crippen molar-refractivity contribution in [1.29, 1.82) is 0 Å². The van der Waals surface area contributed by atoms with Gasteiger partial charge in [-0.15, -0.1) is 11.3 Å². The van der Waals surface area contributed by atoms with E-state index in [0.717, 1.165) is 11.3 Å². The Morgan fingerprint density at radius 2 is 1.81 bits per heavy atom. The fourth-order valence-corrected chi connectivity index (χ4v) is 3.72. The molecule has 0 atom stereocenters. The van der Waals surface area contributed by atoms with Crippen LogP contribution in [0.4, 0.5) is 4.39 Å². The number of thiophene rings is 1. The highest BCUT2D eigenvalue weighted by Gasteiger charge is 2.23. The Balaban J connectivity index is 1.92. The number of hydrogen-bond donors (Lipinski definition) is 0. The molecule has 3 rings (SSSR count). The molecule has 7 heteroatoms. The lowest BCUT2D eigenvalue weighted by molar-refractivity contribution is 0.0454. The van der Waals surface area contributed by atoms with Gasteiger partial charge in [0.15, 0.2) is 0 Å². The molecular weight excluding hydrogens is 379 g/mol. The van der Waals surface area contributed by atoms with E-state index in [1.54, 1.807) is 31.2 Å². The SMILES string of the molecule is CCOC(=O)c1sc2cccc(F)c2c1COC(=O)c1ccc(Cl)cc1. The van der Waals surface area contributed by atoms with Crippen LogP contribution in [0.15, 0.2) is 42.5 Å². The number of fused-ring (bicyclic) bond motifs is 1. The minimum Gasteiger partial charge on any atom is -0.462 e. The molecule has 0 aliphatic rings. The van der Waals surface area contributed by atoms with E-state index < -0.39 is 17.8 Å². The van der Waals surface area contributed by atoms with Gasteiger partial charge in [0, 0.05) is 20.7 Å². The highest BCUT2D eigenvalue weighted by molar-refractivity contribution is 7.21. The van der Waals surface area contributed by atoms with Crippen molar-refractivity contribution >= 4 is 45.0 Å². The average Bonchev–Trinajstić information content (AvgIpc) is 3.00. The number of carbonyl (C=O) groups excluding carboxylic acids is 2. The van der Waals surface area contributed by atoms with Crippen LogP contribution in [0.2, 0.25) is 5.02 Å². The summed E-state index contributed by atoms with van der Waals surface area (Å²) in [5.74, 6) is -1.63. The summed E-state index contributed by atoms with van der Waals surface area (Å²) in [4.78, 5) is 24.6. The van der Waals surface area contributed by atoms with Crippen LogP contribution >= 0.6 is 22.9 Å². The fourth-order valence-electron chi connectivity index (χ4n) is 2.47. The molecule has 2 aromatic carbocycles. The molecule has 0 bridgehead atoms. The second-order valence-corrected chi connectivity index (χ2v) is 6.81. The Labute approximate surface area is 158 Å². The predicted octanol–water partition coefficient (Wildman–Crippen LogP) is 5.23. The zero-order valence-electron chi connectivity index (χ0n) is 13.8. The van der Waals surface area contributed by atoms with Gasteiger partial charge in [-0.25, -0.2) is 14.0 Å². The van der Waals surface area contributed by atoms with Gasteiger partial charge in [-0.05, 0) is 43.3 Å². The van der Waals surface area contributed by atoms with Gasteiger partial charge < -0.3 is 9.47 Å². The van der Waals surface area contributed by atoms with Crippen LogP contribution in [0, 0.1) is 5.82 Å². The second-order valence-electron chi connectivity index (χ2n) is 5.33. The Kier molecular flexibility index (Phi) is 5.54. The van der Waals surface area contributed by atoms with Gasteiger partial charge in [0.2, 0.25) is 0 Å². The Bertz CT molecular complexity index is 966. The van der Waals surface area contributed by atoms with Crippen molar-refractivity contribution in [2.24, 2.45) is 0 Å². The Morgan fingerprint density at radius 1 is 1.08 bits per heavy atom. The molecule has 0 spiro atoms. The molecule has 0 unspecified atom stereocenters. The van der Waals surface area contributed by atoms with Gasteiger partial charge >= 0.3 is 11.9 Å². The molecule has 0 fully saturated rings. The summed E-state index contributed by atoms with van der Waals surface area (Å²) in [5.41, 5.74) is 0.621. The lowest BCUT2D eigenvalue weighted by Crippen LogP contribution is -2.09. The van der Waals surface area contributed by atoms with Gasteiger partial charge in [0.05, 0.1) is 12.2 Å². The first-order valence-corrected chi connectivity index (χ1v) is 9.00. The summed E-state index contributed by atoms with van der Waals surface area (Å²) in [6.45, 7) is 1.64. The fraction of sp³-hybridized carbons (Fsp3) is 0.158. The third-order valence-electron chi connectivity index (χ3n) is 3.65. The van der Waals surface area contributed by atoms with Crippen LogP contribution in [0.3, 0.4) is 0 Å². The van der Waals surface area contributed by atoms with Crippen molar-refractivity contribution < 1.29 is 23.5 Å². The van der Waals surface area contributed by atoms with Gasteiger partial charge in [-0.2, -0.15) is 0 Å². The van der Waals surface area contributed by atoms with E-state index in [0.29, 0.717) is 20.8 Å². The van der Waals surface area contributed by atoms with Crippen molar-refractivity contribution in [1.82, 2.24) is 0 Å². The van der Waals surface area contributed by atoms with E-state index in [1.165, 1.54) is 18.2 Å². The summed E-state index contributed by atoms with van der Waals surface area (Å²) < 4.78 is 25.2. The maximum absolute atomic E-state index is 14.3. The predicted molar refractivity (Wildman–Crippen MR) is 98.3 cm³/mol. The number of ether oxygens (including phenoxy) is 2. The zero-order valence-corrected chi connectivity index (χ0v) is 15.3. The maximum atomic E-state index is 14.3. The highest BCUT2D eigenvalue weighted by atomic mass is 35.5. The van der Waals surface area contributed by atoms with Gasteiger partial charge in [0.25, 0.3) is 0 Å². The zero-order chi connectivity index (χ0) is 18.7. The molecule has 0 saturated carbocycles. The first-order valence-electron chi connectivity index (χ1n) is 7.81. The van der Waals surface area contributed by atoms with Crippen LogP contribution in [-0.4, -0.2) is 18.5 Å². The molecule has 134 valence electrons. The molecule has 0 aliphatic heterocycles. The normalized spacial score (nSPS) is 10.7. The Hall–Kier alpha value is -2.44. The van der Waals surface area contributed by atoms with Gasteiger partial charge in [0.1, 0.15) is 17.3 Å². The van der Waals surface area contributed by atoms with E-state index in [9.17, 15) is 14.0 Å². The number of halogens is 2. The molecule has 0 radical (unpaired) electrons. The van der Waals surface area contributed by atoms with E-state index in [1.807, 2.05) is 0 Å². The summed E-state index contributed by atoms with van der Waals surface area (Å²) >= 11 is 6.91. The van der Waals surface area contributed by atoms with Crippen molar-refractivity contribution in [3.63, 3.8) is 0 Å². The first-order chi connectivity index (χ1) is 12.5. The molecule has 1 heterocycles. The molecule has 1 aromatic heterocycles. The third-order valence-corrected chi connectivity index (χ3v) is 5.08. The maximum Gasteiger partial charge on any atom is 0.348 e. The van der Waals surface area contributed by atoms with Crippen LogP contribution < -0.4 is 0 Å². The van der Waals surface area contributed by atoms with Crippen LogP contribution in [-0.2, 0) is 16.1 Å². The number of carbonyl (C=O) groups is 2. The van der Waals surface area contributed by atoms with Gasteiger partial charge in [-0.3, -0.25) is 0 Å². The van der Waals surface area contributed by atoms with Crippen molar-refractivity contribution in [2.75, 3.05) is 6.61 Å². The van der Waals surface area contributed by atoms with Gasteiger partial charge in [-0.1, -0.05) is 17.7 Å². The Morgan fingerprint density at radius 3 is 2.50 bits per heavy atom. The van der Waals surface area contributed by atoms with Crippen molar-refractivity contribution in [3.05, 3.63) is 69.3 Å². The second kappa shape index (κ2) is 7.85. The summed E-state index contributed by atoms with van der Waals surface area (Å²) in [5, 5.41) is 0.765. The van der Waals surface area contributed by atoms with Crippen LogP contribution in [0.5, 0.6) is 0 Å². The summed E-state index contributed by atoms with van der Waals surface area (Å²) in [7, 11) is 0. The van der Waals surface area contributed by atoms with Crippen molar-refractivity contribution in [2.45, 2.75) is 13.5 Å². The smallest absolute Gasteiger partial charge is 0.348 e. The highest BCUT2D eigenvalue weighted by Crippen LogP contribution is 2.34. The average molecular weight is 393 g/mol. The standard InChI is InChI=1S/C19H14ClFO4S/c1-2-24-19(23)17-13(16-14(21)4-3-5-15(16)26-17)10-25-18(22)11-6-8-12(20)9-7-11/h3-9H,2,10H2,1H3. The molecule has 4 nitrogen and oxygen atoms in total. The van der Waals surface area contributed by atoms with E-state index in [-0.39, 0.29) is 23.5 Å². The quantitative estimate of drug-likeness (QED) is 0.558. The van der Waals surface area contributed by atoms with Crippen LogP contribution in [0.1, 0.15) is 32.5 Å². The monoisotopic (exact) mass is 392 g/mol. The van der Waals surface area contributed by atoms with E-state index in [4.69, 9.17) is 21.1 Å². The molecule has 0 amide bonds. The molecule has 26 heavy (non-hydrogen) atoms. The topological polar surface area (TPSA) is 52.6 Å². The molecule has 3 aromatic rings. The molecular formula is C19H14ClFO4S. The largest absolute Gasteiger partial charge is 0.462 e. The lowest BCUT2D eigenvalue weighted by atomic mass is 10.1. The number of hydrogen-bond acceptors (Lipinski definition) is 5. The molecule has 0 saturated heterocycles. The van der Waals surface area contributed by atoms with E-state index >= 15 is 0 Å². The number of rotatable bonds is 5.